The number of carboxylic acid groups (broad SMARTS) is 1. The van der Waals surface area contributed by atoms with Gasteiger partial charge in [0.2, 0.25) is 5.01 Å². The maximum atomic E-state index is 11.1. The first-order valence-corrected chi connectivity index (χ1v) is 7.00. The number of rotatable bonds is 1. The Morgan fingerprint density at radius 2 is 1.75 bits per heavy atom. The van der Waals surface area contributed by atoms with Gasteiger partial charge >= 0.3 is 5.97 Å². The molecular weight excluding hydrogens is 270 g/mol. The Bertz CT molecular complexity index is 988. The van der Waals surface area contributed by atoms with Gasteiger partial charge in [-0.25, -0.2) is 9.78 Å². The maximum Gasteiger partial charge on any atom is 0.365 e. The van der Waals surface area contributed by atoms with Gasteiger partial charge in [0.1, 0.15) is 0 Å². The van der Waals surface area contributed by atoms with Gasteiger partial charge in [-0.3, -0.25) is 0 Å². The van der Waals surface area contributed by atoms with Crippen molar-refractivity contribution in [1.82, 2.24) is 4.98 Å². The van der Waals surface area contributed by atoms with E-state index in [0.29, 0.717) is 0 Å². The van der Waals surface area contributed by atoms with Crippen LogP contribution in [0.1, 0.15) is 9.80 Å². The minimum atomic E-state index is -0.972. The van der Waals surface area contributed by atoms with E-state index >= 15 is 0 Å². The van der Waals surface area contributed by atoms with Crippen LogP contribution in [0.25, 0.3) is 31.8 Å². The van der Waals surface area contributed by atoms with E-state index in [1.165, 1.54) is 16.7 Å². The quantitative estimate of drug-likeness (QED) is 0.528. The molecule has 0 unspecified atom stereocenters. The Hall–Kier alpha value is -2.46. The number of carboxylic acids is 1. The molecule has 4 rings (SSSR count). The van der Waals surface area contributed by atoms with Crippen LogP contribution in [0.2, 0.25) is 0 Å². The normalized spacial score (nSPS) is 11.4. The van der Waals surface area contributed by atoms with Gasteiger partial charge in [-0.1, -0.05) is 42.5 Å². The third-order valence-electron chi connectivity index (χ3n) is 3.46. The van der Waals surface area contributed by atoms with Crippen LogP contribution in [-0.4, -0.2) is 16.1 Å². The van der Waals surface area contributed by atoms with Crippen molar-refractivity contribution in [3.63, 3.8) is 0 Å². The molecule has 0 saturated heterocycles. The number of nitrogens with zero attached hydrogens (tertiary/aromatic N) is 1. The molecule has 1 aromatic heterocycles. The number of hydrogen-bond donors (Lipinski definition) is 1. The Morgan fingerprint density at radius 1 is 0.950 bits per heavy atom. The molecule has 96 valence electrons. The van der Waals surface area contributed by atoms with Crippen molar-refractivity contribution in [2.45, 2.75) is 0 Å². The van der Waals surface area contributed by atoms with E-state index in [9.17, 15) is 4.79 Å². The number of fused-ring (bicyclic) bond motifs is 5. The molecule has 20 heavy (non-hydrogen) atoms. The Morgan fingerprint density at radius 3 is 2.60 bits per heavy atom. The molecule has 4 heteroatoms. The summed E-state index contributed by atoms with van der Waals surface area (Å²) in [6.45, 7) is 0. The second kappa shape index (κ2) is 4.02. The molecule has 0 fully saturated rings. The zero-order valence-electron chi connectivity index (χ0n) is 10.3. The lowest BCUT2D eigenvalue weighted by atomic mass is 10.0. The van der Waals surface area contributed by atoms with Crippen molar-refractivity contribution in [2.75, 3.05) is 0 Å². The minimum absolute atomic E-state index is 0.139. The summed E-state index contributed by atoms with van der Waals surface area (Å²) in [7, 11) is 0. The monoisotopic (exact) mass is 279 g/mol. The van der Waals surface area contributed by atoms with Crippen LogP contribution in [0.3, 0.4) is 0 Å². The minimum Gasteiger partial charge on any atom is -0.476 e. The van der Waals surface area contributed by atoms with E-state index < -0.39 is 5.97 Å². The molecular formula is C16H9NO2S. The molecule has 0 radical (unpaired) electrons. The summed E-state index contributed by atoms with van der Waals surface area (Å²) < 4.78 is 0.908. The van der Waals surface area contributed by atoms with Gasteiger partial charge in [0.15, 0.2) is 0 Å². The van der Waals surface area contributed by atoms with Crippen LogP contribution in [-0.2, 0) is 0 Å². The van der Waals surface area contributed by atoms with Gasteiger partial charge in [0, 0.05) is 5.39 Å². The van der Waals surface area contributed by atoms with Crippen LogP contribution in [0.4, 0.5) is 0 Å². The number of aromatic carboxylic acids is 1. The molecule has 1 N–H and O–H groups in total. The van der Waals surface area contributed by atoms with E-state index in [1.807, 2.05) is 30.3 Å². The molecule has 0 saturated carbocycles. The van der Waals surface area contributed by atoms with E-state index in [4.69, 9.17) is 5.11 Å². The summed E-state index contributed by atoms with van der Waals surface area (Å²) >= 11 is 1.21. The fraction of sp³-hybridized carbons (Fsp3) is 0. The highest BCUT2D eigenvalue weighted by atomic mass is 32.1. The van der Waals surface area contributed by atoms with Gasteiger partial charge in [-0.15, -0.1) is 11.3 Å². The third-order valence-corrected chi connectivity index (χ3v) is 4.47. The second-order valence-corrected chi connectivity index (χ2v) is 5.65. The van der Waals surface area contributed by atoms with Crippen LogP contribution >= 0.6 is 11.3 Å². The van der Waals surface area contributed by atoms with E-state index in [1.54, 1.807) is 0 Å². The number of aromatic nitrogens is 1. The predicted molar refractivity (Wildman–Crippen MR) is 81.6 cm³/mol. The van der Waals surface area contributed by atoms with Crippen LogP contribution in [0, 0.1) is 0 Å². The SMILES string of the molecule is O=C(O)c1nc2c(ccc3c4ccccc4ccc32)s1. The molecule has 0 bridgehead atoms. The zero-order chi connectivity index (χ0) is 13.7. The molecule has 0 spiro atoms. The molecule has 0 atom stereocenters. The Kier molecular flexibility index (Phi) is 2.28. The lowest BCUT2D eigenvalue weighted by Crippen LogP contribution is -1.93. The molecule has 0 aliphatic rings. The third kappa shape index (κ3) is 1.52. The highest BCUT2D eigenvalue weighted by Gasteiger charge is 2.13. The summed E-state index contributed by atoms with van der Waals surface area (Å²) in [4.78, 5) is 15.3. The highest BCUT2D eigenvalue weighted by Crippen LogP contribution is 2.33. The van der Waals surface area contributed by atoms with Crippen molar-refractivity contribution in [3.8, 4) is 0 Å². The van der Waals surface area contributed by atoms with Crippen molar-refractivity contribution < 1.29 is 9.90 Å². The fourth-order valence-electron chi connectivity index (χ4n) is 2.57. The molecule has 3 nitrogen and oxygen atoms in total. The smallest absolute Gasteiger partial charge is 0.365 e. The number of hydrogen-bond acceptors (Lipinski definition) is 3. The zero-order valence-corrected chi connectivity index (χ0v) is 11.1. The first-order chi connectivity index (χ1) is 9.74. The first kappa shape index (κ1) is 11.4. The second-order valence-electron chi connectivity index (χ2n) is 4.62. The van der Waals surface area contributed by atoms with Gasteiger partial charge < -0.3 is 5.11 Å². The molecule has 1 heterocycles. The van der Waals surface area contributed by atoms with Crippen LogP contribution in [0.5, 0.6) is 0 Å². The first-order valence-electron chi connectivity index (χ1n) is 6.18. The summed E-state index contributed by atoms with van der Waals surface area (Å²) in [5.41, 5.74) is 0.774. The van der Waals surface area contributed by atoms with E-state index in [-0.39, 0.29) is 5.01 Å². The summed E-state index contributed by atoms with van der Waals surface area (Å²) in [5, 5.41) is 13.7. The molecule has 0 aliphatic heterocycles. The topological polar surface area (TPSA) is 50.2 Å². The predicted octanol–water partition coefficient (Wildman–Crippen LogP) is 4.30. The average molecular weight is 279 g/mol. The van der Waals surface area contributed by atoms with Crippen molar-refractivity contribution in [3.05, 3.63) is 53.5 Å². The van der Waals surface area contributed by atoms with Crippen LogP contribution < -0.4 is 0 Å². The van der Waals surface area contributed by atoms with Gasteiger partial charge in [0.05, 0.1) is 10.2 Å². The number of benzene rings is 3. The van der Waals surface area contributed by atoms with E-state index in [2.05, 4.69) is 23.2 Å². The van der Waals surface area contributed by atoms with Gasteiger partial charge in [-0.2, -0.15) is 0 Å². The molecule has 0 amide bonds. The standard InChI is InChI=1S/C16H9NO2S/c18-16(19)15-17-14-12-6-5-9-3-1-2-4-10(9)11(12)7-8-13(14)20-15/h1-8H,(H,18,19). The van der Waals surface area contributed by atoms with Crippen molar-refractivity contribution in [1.29, 1.82) is 0 Å². The molecule has 3 aromatic carbocycles. The number of thiazole rings is 1. The van der Waals surface area contributed by atoms with Gasteiger partial charge in [-0.05, 0) is 22.2 Å². The maximum absolute atomic E-state index is 11.1. The highest BCUT2D eigenvalue weighted by molar-refractivity contribution is 7.20. The Balaban J connectivity index is 2.19. The lowest BCUT2D eigenvalue weighted by Gasteiger charge is -2.03. The fourth-order valence-corrected chi connectivity index (χ4v) is 3.39. The van der Waals surface area contributed by atoms with Crippen LogP contribution in [0.15, 0.2) is 48.5 Å². The van der Waals surface area contributed by atoms with E-state index in [0.717, 1.165) is 26.4 Å². The van der Waals surface area contributed by atoms with Crippen molar-refractivity contribution in [2.24, 2.45) is 0 Å². The lowest BCUT2D eigenvalue weighted by molar-refractivity contribution is 0.0696. The van der Waals surface area contributed by atoms with Crippen molar-refractivity contribution >= 4 is 49.1 Å². The summed E-state index contributed by atoms with van der Waals surface area (Å²) in [6, 6.07) is 16.2. The van der Waals surface area contributed by atoms with Gasteiger partial charge in [0.25, 0.3) is 0 Å². The number of carbonyl (C=O) groups is 1. The summed E-state index contributed by atoms with van der Waals surface area (Å²) in [5.74, 6) is -0.972. The average Bonchev–Trinajstić information content (AvgIpc) is 2.91. The summed E-state index contributed by atoms with van der Waals surface area (Å²) in [6.07, 6.45) is 0. The largest absolute Gasteiger partial charge is 0.476 e. The molecule has 4 aromatic rings. The Labute approximate surface area is 118 Å². The molecule has 0 aliphatic carbocycles.